The van der Waals surface area contributed by atoms with Crippen molar-refractivity contribution < 1.29 is 13.9 Å². The number of ether oxygens (including phenoxy) is 1. The zero-order valence-corrected chi connectivity index (χ0v) is 13.2. The molecule has 3 aromatic rings. The third-order valence-electron chi connectivity index (χ3n) is 3.27. The molecule has 0 aliphatic rings. The van der Waals surface area contributed by atoms with Crippen LogP contribution in [0.25, 0.3) is 11.0 Å². The monoisotopic (exact) mass is 344 g/mol. The van der Waals surface area contributed by atoms with E-state index in [1.807, 2.05) is 0 Å². The summed E-state index contributed by atoms with van der Waals surface area (Å²) in [6.45, 7) is -0.227. The predicted molar refractivity (Wildman–Crippen MR) is 90.0 cm³/mol. The molecule has 24 heavy (non-hydrogen) atoms. The molecule has 0 bridgehead atoms. The van der Waals surface area contributed by atoms with E-state index in [9.17, 15) is 9.59 Å². The van der Waals surface area contributed by atoms with Crippen LogP contribution in [0.1, 0.15) is 5.56 Å². The van der Waals surface area contributed by atoms with Crippen LogP contribution in [0, 0.1) is 0 Å². The number of halogens is 1. The Bertz CT molecular complexity index is 925. The topological polar surface area (TPSA) is 81.4 Å². The summed E-state index contributed by atoms with van der Waals surface area (Å²) in [6.07, 6.45) is 2.90. The smallest absolute Gasteiger partial charge is 0.325 e. The summed E-state index contributed by atoms with van der Waals surface area (Å²) in [6, 6.07) is 10.1. The summed E-state index contributed by atoms with van der Waals surface area (Å²) in [7, 11) is 0. The number of hydrogen-bond donors (Lipinski definition) is 1. The molecule has 2 heterocycles. The zero-order chi connectivity index (χ0) is 16.9. The normalized spacial score (nSPS) is 10.5. The summed E-state index contributed by atoms with van der Waals surface area (Å²) in [4.78, 5) is 28.1. The summed E-state index contributed by atoms with van der Waals surface area (Å²) < 4.78 is 10.5. The number of carbonyl (C=O) groups is 1. The number of esters is 1. The molecule has 0 spiro atoms. The molecule has 0 saturated heterocycles. The third-order valence-corrected chi connectivity index (χ3v) is 3.51. The Hall–Kier alpha value is -2.86. The summed E-state index contributed by atoms with van der Waals surface area (Å²) in [5.74, 6) is 0.0561. The van der Waals surface area contributed by atoms with Gasteiger partial charge in [0.15, 0.2) is 5.43 Å². The van der Waals surface area contributed by atoms with Gasteiger partial charge in [0.05, 0.1) is 10.9 Å². The third kappa shape index (κ3) is 3.72. The first-order chi connectivity index (χ1) is 11.6. The average molecular weight is 345 g/mol. The quantitative estimate of drug-likeness (QED) is 0.716. The lowest BCUT2D eigenvalue weighted by molar-refractivity contribution is -0.142. The van der Waals surface area contributed by atoms with Crippen LogP contribution in [0.4, 0.5) is 5.82 Å². The molecule has 0 amide bonds. The standard InChI is InChI=1S/C17H13ClN2O4/c18-12-4-5-14-13(7-12)17(22)11(9-23-14)10-24-16(21)8-20-15-3-1-2-6-19-15/h1-7,9H,8,10H2,(H,19,20). The minimum Gasteiger partial charge on any atom is -0.464 e. The van der Waals surface area contributed by atoms with Crippen molar-refractivity contribution in [2.75, 3.05) is 11.9 Å². The summed E-state index contributed by atoms with van der Waals surface area (Å²) in [5.41, 5.74) is 0.400. The van der Waals surface area contributed by atoms with Crippen molar-refractivity contribution in [3.8, 4) is 0 Å². The van der Waals surface area contributed by atoms with Crippen LogP contribution in [0.2, 0.25) is 5.02 Å². The van der Waals surface area contributed by atoms with Crippen molar-refractivity contribution in [1.82, 2.24) is 4.98 Å². The van der Waals surface area contributed by atoms with E-state index < -0.39 is 5.97 Å². The van der Waals surface area contributed by atoms with E-state index >= 15 is 0 Å². The molecule has 0 atom stereocenters. The number of hydrogen-bond acceptors (Lipinski definition) is 6. The summed E-state index contributed by atoms with van der Waals surface area (Å²) in [5, 5.41) is 3.61. The van der Waals surface area contributed by atoms with Gasteiger partial charge in [0.2, 0.25) is 0 Å². The Kier molecular flexibility index (Phi) is 4.77. The van der Waals surface area contributed by atoms with Gasteiger partial charge < -0.3 is 14.5 Å². The van der Waals surface area contributed by atoms with Crippen molar-refractivity contribution in [3.05, 3.63) is 69.7 Å². The van der Waals surface area contributed by atoms with Crippen molar-refractivity contribution >= 4 is 34.4 Å². The van der Waals surface area contributed by atoms with E-state index in [2.05, 4.69) is 10.3 Å². The average Bonchev–Trinajstić information content (AvgIpc) is 2.61. The first-order valence-corrected chi connectivity index (χ1v) is 7.52. The molecule has 0 unspecified atom stereocenters. The number of anilines is 1. The second kappa shape index (κ2) is 7.14. The Balaban J connectivity index is 1.64. The number of nitrogens with zero attached hydrogens (tertiary/aromatic N) is 1. The van der Waals surface area contributed by atoms with Crippen LogP contribution in [-0.2, 0) is 16.1 Å². The van der Waals surface area contributed by atoms with Crippen LogP contribution >= 0.6 is 11.6 Å². The van der Waals surface area contributed by atoms with Crippen molar-refractivity contribution in [2.45, 2.75) is 6.61 Å². The van der Waals surface area contributed by atoms with Crippen LogP contribution in [0.5, 0.6) is 0 Å². The molecular weight excluding hydrogens is 332 g/mol. The maximum absolute atomic E-state index is 12.3. The summed E-state index contributed by atoms with van der Waals surface area (Å²) >= 11 is 5.89. The highest BCUT2D eigenvalue weighted by Crippen LogP contribution is 2.17. The van der Waals surface area contributed by atoms with Gasteiger partial charge in [-0.15, -0.1) is 0 Å². The number of fused-ring (bicyclic) bond motifs is 1. The van der Waals surface area contributed by atoms with Gasteiger partial charge in [0.1, 0.15) is 30.8 Å². The van der Waals surface area contributed by atoms with E-state index in [0.717, 1.165) is 0 Å². The second-order valence-electron chi connectivity index (χ2n) is 4.96. The van der Waals surface area contributed by atoms with Gasteiger partial charge in [0, 0.05) is 11.2 Å². The maximum atomic E-state index is 12.3. The van der Waals surface area contributed by atoms with E-state index in [1.165, 1.54) is 12.3 Å². The van der Waals surface area contributed by atoms with Crippen LogP contribution < -0.4 is 10.7 Å². The molecule has 0 saturated carbocycles. The van der Waals surface area contributed by atoms with Gasteiger partial charge in [-0.2, -0.15) is 0 Å². The number of benzene rings is 1. The van der Waals surface area contributed by atoms with Crippen LogP contribution in [-0.4, -0.2) is 17.5 Å². The molecule has 0 aliphatic heterocycles. The lowest BCUT2D eigenvalue weighted by atomic mass is 10.2. The fourth-order valence-corrected chi connectivity index (χ4v) is 2.25. The van der Waals surface area contributed by atoms with Gasteiger partial charge in [-0.3, -0.25) is 9.59 Å². The molecule has 6 nitrogen and oxygen atoms in total. The van der Waals surface area contributed by atoms with E-state index in [1.54, 1.807) is 36.5 Å². The molecule has 122 valence electrons. The molecule has 2 aromatic heterocycles. The predicted octanol–water partition coefficient (Wildman–Crippen LogP) is 3.00. The van der Waals surface area contributed by atoms with Crippen molar-refractivity contribution in [1.29, 1.82) is 0 Å². The molecule has 7 heteroatoms. The second-order valence-corrected chi connectivity index (χ2v) is 5.40. The molecule has 0 fully saturated rings. The number of pyridine rings is 1. The minimum atomic E-state index is -0.508. The molecular formula is C17H13ClN2O4. The number of rotatable bonds is 5. The Morgan fingerprint density at radius 3 is 2.96 bits per heavy atom. The highest BCUT2D eigenvalue weighted by molar-refractivity contribution is 6.31. The molecule has 1 aromatic carbocycles. The van der Waals surface area contributed by atoms with Gasteiger partial charge in [-0.05, 0) is 30.3 Å². The van der Waals surface area contributed by atoms with Crippen LogP contribution in [0.15, 0.2) is 58.1 Å². The highest BCUT2D eigenvalue weighted by Gasteiger charge is 2.10. The lowest BCUT2D eigenvalue weighted by Crippen LogP contribution is -2.19. The van der Waals surface area contributed by atoms with E-state index in [0.29, 0.717) is 21.8 Å². The Morgan fingerprint density at radius 1 is 1.29 bits per heavy atom. The van der Waals surface area contributed by atoms with E-state index in [-0.39, 0.29) is 24.1 Å². The fourth-order valence-electron chi connectivity index (χ4n) is 2.08. The van der Waals surface area contributed by atoms with Gasteiger partial charge in [0.25, 0.3) is 0 Å². The zero-order valence-electron chi connectivity index (χ0n) is 12.5. The first-order valence-electron chi connectivity index (χ1n) is 7.14. The lowest BCUT2D eigenvalue weighted by Gasteiger charge is -2.07. The largest absolute Gasteiger partial charge is 0.464 e. The van der Waals surface area contributed by atoms with E-state index in [4.69, 9.17) is 20.8 Å². The molecule has 0 radical (unpaired) electrons. The van der Waals surface area contributed by atoms with Crippen molar-refractivity contribution in [2.24, 2.45) is 0 Å². The van der Waals surface area contributed by atoms with Gasteiger partial charge in [-0.25, -0.2) is 4.98 Å². The van der Waals surface area contributed by atoms with Crippen LogP contribution in [0.3, 0.4) is 0 Å². The van der Waals surface area contributed by atoms with Gasteiger partial charge >= 0.3 is 5.97 Å². The maximum Gasteiger partial charge on any atom is 0.325 e. The Morgan fingerprint density at radius 2 is 2.17 bits per heavy atom. The number of carbonyl (C=O) groups excluding carboxylic acids is 1. The number of nitrogens with one attached hydrogen (secondary N) is 1. The molecule has 1 N–H and O–H groups in total. The van der Waals surface area contributed by atoms with Crippen molar-refractivity contribution in [3.63, 3.8) is 0 Å². The first kappa shape index (κ1) is 16.0. The Labute approximate surface area is 142 Å². The SMILES string of the molecule is O=C(CNc1ccccn1)OCc1coc2ccc(Cl)cc2c1=O. The van der Waals surface area contributed by atoms with Gasteiger partial charge in [-0.1, -0.05) is 17.7 Å². The fraction of sp³-hybridized carbons (Fsp3) is 0.118. The number of aromatic nitrogens is 1. The highest BCUT2D eigenvalue weighted by atomic mass is 35.5. The molecule has 3 rings (SSSR count). The minimum absolute atomic E-state index is 0.0538. The molecule has 0 aliphatic carbocycles.